The molecule has 3 nitrogen and oxygen atoms in total. The van der Waals surface area contributed by atoms with Gasteiger partial charge in [-0.2, -0.15) is 0 Å². The molecule has 0 saturated heterocycles. The van der Waals surface area contributed by atoms with Crippen LogP contribution < -0.4 is 4.74 Å². The summed E-state index contributed by atoms with van der Waals surface area (Å²) in [6.45, 7) is 0. The predicted octanol–water partition coefficient (Wildman–Crippen LogP) is 3.10. The molecule has 0 spiro atoms. The number of carbonyl (C=O) groups excluding carboxylic acids is 1. The molecular weight excluding hydrogens is 228 g/mol. The van der Waals surface area contributed by atoms with Crippen molar-refractivity contribution in [3.05, 3.63) is 59.7 Å². The molecule has 0 unspecified atom stereocenters. The van der Waals surface area contributed by atoms with Gasteiger partial charge in [0, 0.05) is 0 Å². The molecule has 0 radical (unpaired) electrons. The molecule has 3 heteroatoms. The Balaban J connectivity index is 1.97. The highest BCUT2D eigenvalue weighted by Crippen LogP contribution is 2.36. The van der Waals surface area contributed by atoms with E-state index in [9.17, 15) is 9.90 Å². The second-order valence-electron chi connectivity index (χ2n) is 4.32. The molecule has 0 aliphatic carbocycles. The average molecular weight is 240 g/mol. The van der Waals surface area contributed by atoms with Gasteiger partial charge in [-0.3, -0.25) is 4.79 Å². The third-order valence-corrected chi connectivity index (χ3v) is 3.07. The highest BCUT2D eigenvalue weighted by molar-refractivity contribution is 6.00. The van der Waals surface area contributed by atoms with Gasteiger partial charge in [0.1, 0.15) is 17.6 Å². The van der Waals surface area contributed by atoms with Gasteiger partial charge >= 0.3 is 0 Å². The lowest BCUT2D eigenvalue weighted by Gasteiger charge is -2.25. The molecule has 1 aliphatic rings. The van der Waals surface area contributed by atoms with Crippen molar-refractivity contribution in [3.8, 4) is 11.5 Å². The molecular formula is C15H12O3. The van der Waals surface area contributed by atoms with Gasteiger partial charge in [-0.15, -0.1) is 0 Å². The monoisotopic (exact) mass is 240 g/mol. The third kappa shape index (κ3) is 1.84. The Bertz CT molecular complexity index is 590. The smallest absolute Gasteiger partial charge is 0.170 e. The summed E-state index contributed by atoms with van der Waals surface area (Å²) in [4.78, 5) is 12.0. The molecule has 18 heavy (non-hydrogen) atoms. The Hall–Kier alpha value is -2.29. The van der Waals surface area contributed by atoms with E-state index in [0.717, 1.165) is 5.56 Å². The summed E-state index contributed by atoms with van der Waals surface area (Å²) in [5, 5.41) is 9.38. The fourth-order valence-corrected chi connectivity index (χ4v) is 2.17. The molecule has 0 fully saturated rings. The quantitative estimate of drug-likeness (QED) is 0.833. The number of Topliss-reactive ketones (excluding diaryl/α,β-unsaturated/α-hetero) is 1. The first-order valence-corrected chi connectivity index (χ1v) is 5.82. The van der Waals surface area contributed by atoms with Gasteiger partial charge in [-0.25, -0.2) is 0 Å². The fourth-order valence-electron chi connectivity index (χ4n) is 2.17. The molecule has 0 bridgehead atoms. The number of ether oxygens (including phenoxy) is 1. The number of fused-ring (bicyclic) bond motifs is 1. The first-order chi connectivity index (χ1) is 8.74. The van der Waals surface area contributed by atoms with Crippen LogP contribution in [0.1, 0.15) is 28.4 Å². The minimum Gasteiger partial charge on any atom is -0.508 e. The molecule has 0 aromatic heterocycles. The van der Waals surface area contributed by atoms with Crippen molar-refractivity contribution in [1.82, 2.24) is 0 Å². The Morgan fingerprint density at radius 3 is 2.67 bits per heavy atom. The summed E-state index contributed by atoms with van der Waals surface area (Å²) in [5.74, 6) is 0.628. The lowest BCUT2D eigenvalue weighted by atomic mass is 9.96. The molecule has 2 aromatic rings. The van der Waals surface area contributed by atoms with Crippen molar-refractivity contribution in [3.63, 3.8) is 0 Å². The SMILES string of the molecule is O=C1C[C@@H](c2ccccc2)Oc2ccc(O)cc21. The van der Waals surface area contributed by atoms with E-state index in [4.69, 9.17) is 4.74 Å². The number of phenolic OH excluding ortho intramolecular Hbond substituents is 1. The van der Waals surface area contributed by atoms with Crippen LogP contribution >= 0.6 is 0 Å². The van der Waals surface area contributed by atoms with Gasteiger partial charge in [0.05, 0.1) is 12.0 Å². The molecule has 0 saturated carbocycles. The zero-order chi connectivity index (χ0) is 12.5. The lowest BCUT2D eigenvalue weighted by molar-refractivity contribution is 0.0849. The number of aromatic hydroxyl groups is 1. The number of phenols is 1. The van der Waals surface area contributed by atoms with Crippen LogP contribution in [0, 0.1) is 0 Å². The number of hydrogen-bond donors (Lipinski definition) is 1. The van der Waals surface area contributed by atoms with Gasteiger partial charge in [0.15, 0.2) is 5.78 Å². The van der Waals surface area contributed by atoms with E-state index in [-0.39, 0.29) is 17.6 Å². The van der Waals surface area contributed by atoms with E-state index in [1.165, 1.54) is 12.1 Å². The molecule has 90 valence electrons. The Labute approximate surface area is 105 Å². The topological polar surface area (TPSA) is 46.5 Å². The van der Waals surface area contributed by atoms with Gasteiger partial charge in [-0.05, 0) is 23.8 Å². The van der Waals surface area contributed by atoms with Crippen LogP contribution in [0.5, 0.6) is 11.5 Å². The van der Waals surface area contributed by atoms with Crippen LogP contribution in [-0.4, -0.2) is 10.9 Å². The van der Waals surface area contributed by atoms with Crippen molar-refractivity contribution in [2.24, 2.45) is 0 Å². The maximum absolute atomic E-state index is 12.0. The predicted molar refractivity (Wildman–Crippen MR) is 66.9 cm³/mol. The molecule has 1 N–H and O–H groups in total. The molecule has 3 rings (SSSR count). The van der Waals surface area contributed by atoms with E-state index in [2.05, 4.69) is 0 Å². The van der Waals surface area contributed by atoms with Crippen molar-refractivity contribution in [1.29, 1.82) is 0 Å². The van der Waals surface area contributed by atoms with E-state index in [1.807, 2.05) is 30.3 Å². The van der Waals surface area contributed by atoms with E-state index >= 15 is 0 Å². The number of benzene rings is 2. The molecule has 1 heterocycles. The minimum absolute atomic E-state index is 0.000929. The summed E-state index contributed by atoms with van der Waals surface area (Å²) >= 11 is 0. The third-order valence-electron chi connectivity index (χ3n) is 3.07. The molecule has 0 amide bonds. The summed E-state index contributed by atoms with van der Waals surface area (Å²) in [6, 6.07) is 14.3. The van der Waals surface area contributed by atoms with Gasteiger partial charge < -0.3 is 9.84 Å². The number of carbonyl (C=O) groups is 1. The zero-order valence-corrected chi connectivity index (χ0v) is 9.67. The number of ketones is 1. The Morgan fingerprint density at radius 1 is 1.11 bits per heavy atom. The summed E-state index contributed by atoms with van der Waals surface area (Å²) in [6.07, 6.45) is 0.0660. The van der Waals surface area contributed by atoms with E-state index < -0.39 is 0 Å². The van der Waals surface area contributed by atoms with Crippen LogP contribution in [0.4, 0.5) is 0 Å². The highest BCUT2D eigenvalue weighted by atomic mass is 16.5. The fraction of sp³-hybridized carbons (Fsp3) is 0.133. The summed E-state index contributed by atoms with van der Waals surface area (Å²) in [5.41, 5.74) is 1.45. The van der Waals surface area contributed by atoms with Gasteiger partial charge in [0.2, 0.25) is 0 Å². The van der Waals surface area contributed by atoms with Crippen LogP contribution in [0.25, 0.3) is 0 Å². The van der Waals surface area contributed by atoms with Crippen molar-refractivity contribution < 1.29 is 14.6 Å². The Morgan fingerprint density at radius 2 is 1.89 bits per heavy atom. The second-order valence-corrected chi connectivity index (χ2v) is 4.32. The molecule has 1 aliphatic heterocycles. The summed E-state index contributed by atoms with van der Waals surface area (Å²) < 4.78 is 5.81. The van der Waals surface area contributed by atoms with Crippen LogP contribution in [0.2, 0.25) is 0 Å². The van der Waals surface area contributed by atoms with Crippen molar-refractivity contribution >= 4 is 5.78 Å². The first-order valence-electron chi connectivity index (χ1n) is 5.82. The van der Waals surface area contributed by atoms with Crippen LogP contribution in [0.3, 0.4) is 0 Å². The minimum atomic E-state index is -0.240. The summed E-state index contributed by atoms with van der Waals surface area (Å²) in [7, 11) is 0. The largest absolute Gasteiger partial charge is 0.508 e. The average Bonchev–Trinajstić information content (AvgIpc) is 2.40. The maximum atomic E-state index is 12.0. The second kappa shape index (κ2) is 4.18. The Kier molecular flexibility index (Phi) is 2.52. The lowest BCUT2D eigenvalue weighted by Crippen LogP contribution is -2.20. The van der Waals surface area contributed by atoms with Crippen LogP contribution in [-0.2, 0) is 0 Å². The van der Waals surface area contributed by atoms with E-state index in [0.29, 0.717) is 17.7 Å². The maximum Gasteiger partial charge on any atom is 0.170 e. The first kappa shape index (κ1) is 10.8. The van der Waals surface area contributed by atoms with E-state index in [1.54, 1.807) is 6.07 Å². The van der Waals surface area contributed by atoms with Gasteiger partial charge in [0.25, 0.3) is 0 Å². The molecule has 2 aromatic carbocycles. The molecule has 1 atom stereocenters. The van der Waals surface area contributed by atoms with Crippen molar-refractivity contribution in [2.75, 3.05) is 0 Å². The highest BCUT2D eigenvalue weighted by Gasteiger charge is 2.27. The van der Waals surface area contributed by atoms with Crippen LogP contribution in [0.15, 0.2) is 48.5 Å². The van der Waals surface area contributed by atoms with Crippen molar-refractivity contribution in [2.45, 2.75) is 12.5 Å². The normalized spacial score (nSPS) is 18.0. The number of rotatable bonds is 1. The zero-order valence-electron chi connectivity index (χ0n) is 9.67. The standard InChI is InChI=1S/C15H12O3/c16-11-6-7-14-12(8-11)13(17)9-15(18-14)10-4-2-1-3-5-10/h1-8,15-16H,9H2/t15-/m0/s1. The van der Waals surface area contributed by atoms with Gasteiger partial charge in [-0.1, -0.05) is 30.3 Å². The number of hydrogen-bond acceptors (Lipinski definition) is 3.